The first-order valence-corrected chi connectivity index (χ1v) is 4.68. The molecule has 0 aliphatic rings. The number of nitrogens with zero attached hydrogens (tertiary/aromatic N) is 1. The summed E-state index contributed by atoms with van der Waals surface area (Å²) in [6.07, 6.45) is -6.22. The molecule has 0 rings (SSSR count). The maximum absolute atomic E-state index is 11.9. The number of aliphatic carboxylic acids is 1. The standard InChI is InChI=1S/C9H14F3NO3/c1-6(2)4-13(5-8(15)16)7(14)3-9(10,11)12/h6H,3-5H2,1-2H3,(H,15,16). The van der Waals surface area contributed by atoms with Crippen molar-refractivity contribution in [2.75, 3.05) is 13.1 Å². The lowest BCUT2D eigenvalue weighted by atomic mass is 10.2. The lowest BCUT2D eigenvalue weighted by molar-refractivity contribution is -0.164. The number of carbonyl (C=O) groups excluding carboxylic acids is 1. The normalized spacial score (nSPS) is 11.6. The van der Waals surface area contributed by atoms with Gasteiger partial charge in [-0.3, -0.25) is 9.59 Å². The molecule has 1 amide bonds. The predicted octanol–water partition coefficient (Wildman–Crippen LogP) is 1.51. The average molecular weight is 241 g/mol. The van der Waals surface area contributed by atoms with E-state index in [9.17, 15) is 22.8 Å². The number of hydrogen-bond donors (Lipinski definition) is 1. The van der Waals surface area contributed by atoms with Gasteiger partial charge in [-0.25, -0.2) is 0 Å². The third-order valence-electron chi connectivity index (χ3n) is 1.62. The van der Waals surface area contributed by atoms with Crippen LogP contribution in [0.3, 0.4) is 0 Å². The van der Waals surface area contributed by atoms with Gasteiger partial charge in [-0.15, -0.1) is 0 Å². The van der Waals surface area contributed by atoms with Crippen LogP contribution in [0, 0.1) is 5.92 Å². The molecular weight excluding hydrogens is 227 g/mol. The Morgan fingerprint density at radius 3 is 2.12 bits per heavy atom. The summed E-state index contributed by atoms with van der Waals surface area (Å²) >= 11 is 0. The quantitative estimate of drug-likeness (QED) is 0.793. The minimum Gasteiger partial charge on any atom is -0.480 e. The molecule has 0 aliphatic carbocycles. The van der Waals surface area contributed by atoms with Gasteiger partial charge in [0, 0.05) is 6.54 Å². The molecule has 0 aromatic heterocycles. The molecule has 0 heterocycles. The lowest BCUT2D eigenvalue weighted by Gasteiger charge is -2.23. The maximum atomic E-state index is 11.9. The molecule has 0 saturated carbocycles. The fraction of sp³-hybridized carbons (Fsp3) is 0.778. The van der Waals surface area contributed by atoms with E-state index in [0.29, 0.717) is 4.90 Å². The molecule has 0 bridgehead atoms. The SMILES string of the molecule is CC(C)CN(CC(=O)O)C(=O)CC(F)(F)F. The van der Waals surface area contributed by atoms with Gasteiger partial charge in [-0.2, -0.15) is 13.2 Å². The highest BCUT2D eigenvalue weighted by molar-refractivity contribution is 5.81. The molecule has 0 saturated heterocycles. The predicted molar refractivity (Wildman–Crippen MR) is 49.7 cm³/mol. The second-order valence-corrected chi connectivity index (χ2v) is 3.85. The van der Waals surface area contributed by atoms with Crippen LogP contribution in [0.25, 0.3) is 0 Å². The molecule has 0 spiro atoms. The van der Waals surface area contributed by atoms with Gasteiger partial charge in [0.25, 0.3) is 0 Å². The van der Waals surface area contributed by atoms with E-state index in [-0.39, 0.29) is 12.5 Å². The Kier molecular flexibility index (Phi) is 5.26. The summed E-state index contributed by atoms with van der Waals surface area (Å²) in [5.74, 6) is -2.61. The second-order valence-electron chi connectivity index (χ2n) is 3.85. The second kappa shape index (κ2) is 5.72. The largest absolute Gasteiger partial charge is 0.480 e. The van der Waals surface area contributed by atoms with Crippen molar-refractivity contribution >= 4 is 11.9 Å². The molecule has 0 aromatic rings. The number of halogens is 3. The number of rotatable bonds is 5. The topological polar surface area (TPSA) is 57.6 Å². The zero-order valence-electron chi connectivity index (χ0n) is 9.04. The van der Waals surface area contributed by atoms with E-state index in [2.05, 4.69) is 0 Å². The summed E-state index contributed by atoms with van der Waals surface area (Å²) in [6.45, 7) is 2.68. The van der Waals surface area contributed by atoms with Crippen molar-refractivity contribution in [3.63, 3.8) is 0 Å². The maximum Gasteiger partial charge on any atom is 0.397 e. The van der Waals surface area contributed by atoms with Crippen LogP contribution in [0.15, 0.2) is 0 Å². The summed E-state index contributed by atoms with van der Waals surface area (Å²) in [6, 6.07) is 0. The van der Waals surface area contributed by atoms with Gasteiger partial charge in [0.1, 0.15) is 13.0 Å². The van der Waals surface area contributed by atoms with Crippen LogP contribution in [0.2, 0.25) is 0 Å². The first kappa shape index (κ1) is 14.7. The molecule has 1 N–H and O–H groups in total. The van der Waals surface area contributed by atoms with Crippen molar-refractivity contribution in [2.24, 2.45) is 5.92 Å². The lowest BCUT2D eigenvalue weighted by Crippen LogP contribution is -2.40. The highest BCUT2D eigenvalue weighted by atomic mass is 19.4. The van der Waals surface area contributed by atoms with Crippen molar-refractivity contribution < 1.29 is 27.9 Å². The van der Waals surface area contributed by atoms with Gasteiger partial charge >= 0.3 is 12.1 Å². The molecule has 0 aliphatic heterocycles. The molecule has 0 aromatic carbocycles. The first-order chi connectivity index (χ1) is 7.11. The zero-order valence-corrected chi connectivity index (χ0v) is 9.04. The number of alkyl halides is 3. The van der Waals surface area contributed by atoms with E-state index < -0.39 is 31.0 Å². The van der Waals surface area contributed by atoms with Crippen molar-refractivity contribution in [3.05, 3.63) is 0 Å². The third kappa shape index (κ3) is 7.08. The molecule has 94 valence electrons. The highest BCUT2D eigenvalue weighted by Crippen LogP contribution is 2.20. The number of carbonyl (C=O) groups is 2. The molecule has 7 heteroatoms. The van der Waals surface area contributed by atoms with Crippen LogP contribution < -0.4 is 0 Å². The number of amides is 1. The van der Waals surface area contributed by atoms with Crippen LogP contribution >= 0.6 is 0 Å². The molecule has 0 radical (unpaired) electrons. The van der Waals surface area contributed by atoms with Crippen LogP contribution in [0.1, 0.15) is 20.3 Å². The Balaban J connectivity index is 4.49. The summed E-state index contributed by atoms with van der Waals surface area (Å²) in [4.78, 5) is 22.3. The summed E-state index contributed by atoms with van der Waals surface area (Å²) in [7, 11) is 0. The molecular formula is C9H14F3NO3. The van der Waals surface area contributed by atoms with Gasteiger partial charge in [-0.1, -0.05) is 13.8 Å². The molecule has 16 heavy (non-hydrogen) atoms. The van der Waals surface area contributed by atoms with Crippen LogP contribution in [0.4, 0.5) is 13.2 Å². The van der Waals surface area contributed by atoms with Gasteiger partial charge in [0.2, 0.25) is 5.91 Å². The van der Waals surface area contributed by atoms with Crippen LogP contribution in [0.5, 0.6) is 0 Å². The smallest absolute Gasteiger partial charge is 0.397 e. The molecule has 0 unspecified atom stereocenters. The van der Waals surface area contributed by atoms with E-state index in [4.69, 9.17) is 5.11 Å². The Hall–Kier alpha value is -1.27. The van der Waals surface area contributed by atoms with Gasteiger partial charge in [0.05, 0.1) is 0 Å². The number of hydrogen-bond acceptors (Lipinski definition) is 2. The number of carboxylic acid groups (broad SMARTS) is 1. The third-order valence-corrected chi connectivity index (χ3v) is 1.62. The zero-order chi connectivity index (χ0) is 12.9. The van der Waals surface area contributed by atoms with E-state index in [0.717, 1.165) is 0 Å². The summed E-state index contributed by atoms with van der Waals surface area (Å²) in [5.41, 5.74) is 0. The van der Waals surface area contributed by atoms with E-state index in [1.165, 1.54) is 0 Å². The average Bonchev–Trinajstić information content (AvgIpc) is 1.97. The van der Waals surface area contributed by atoms with E-state index >= 15 is 0 Å². The fourth-order valence-electron chi connectivity index (χ4n) is 1.14. The Labute approximate surface area is 91.0 Å². The molecule has 0 atom stereocenters. The van der Waals surface area contributed by atoms with Crippen molar-refractivity contribution in [3.8, 4) is 0 Å². The number of carboxylic acids is 1. The minimum atomic E-state index is -4.61. The minimum absolute atomic E-state index is 0.00120. The van der Waals surface area contributed by atoms with Crippen molar-refractivity contribution in [1.29, 1.82) is 0 Å². The first-order valence-electron chi connectivity index (χ1n) is 4.68. The summed E-state index contributed by atoms with van der Waals surface area (Å²) in [5, 5.41) is 8.47. The van der Waals surface area contributed by atoms with Gasteiger partial charge in [-0.05, 0) is 5.92 Å². The molecule has 4 nitrogen and oxygen atoms in total. The van der Waals surface area contributed by atoms with E-state index in [1.54, 1.807) is 13.8 Å². The highest BCUT2D eigenvalue weighted by Gasteiger charge is 2.34. The van der Waals surface area contributed by atoms with E-state index in [1.807, 2.05) is 0 Å². The van der Waals surface area contributed by atoms with Crippen LogP contribution in [-0.2, 0) is 9.59 Å². The van der Waals surface area contributed by atoms with Gasteiger partial charge < -0.3 is 10.0 Å². The van der Waals surface area contributed by atoms with Crippen LogP contribution in [-0.4, -0.2) is 41.1 Å². The Morgan fingerprint density at radius 2 is 1.81 bits per heavy atom. The van der Waals surface area contributed by atoms with Gasteiger partial charge in [0.15, 0.2) is 0 Å². The monoisotopic (exact) mass is 241 g/mol. The van der Waals surface area contributed by atoms with Crippen molar-refractivity contribution in [2.45, 2.75) is 26.4 Å². The fourth-order valence-corrected chi connectivity index (χ4v) is 1.14. The Bertz CT molecular complexity index is 263. The summed E-state index contributed by atoms with van der Waals surface area (Å²) < 4.78 is 35.8. The van der Waals surface area contributed by atoms with Crippen molar-refractivity contribution in [1.82, 2.24) is 4.90 Å². The molecule has 0 fully saturated rings. The Morgan fingerprint density at radius 1 is 1.31 bits per heavy atom.